The van der Waals surface area contributed by atoms with Crippen LogP contribution in [-0.2, 0) is 4.79 Å². The smallest absolute Gasteiger partial charge is 0.136 e. The Morgan fingerprint density at radius 2 is 1.88 bits per heavy atom. The highest BCUT2D eigenvalue weighted by atomic mass is 16.1. The largest absolute Gasteiger partial charge is 0.303 e. The fourth-order valence-corrected chi connectivity index (χ4v) is 2.96. The first-order valence-electron chi connectivity index (χ1n) is 6.55. The predicted octanol–water partition coefficient (Wildman–Crippen LogP) is 1.52. The van der Waals surface area contributed by atoms with Crippen molar-refractivity contribution in [3.8, 4) is 0 Å². The lowest BCUT2D eigenvalue weighted by atomic mass is 10.0. The Hall–Kier alpha value is -0.410. The Morgan fingerprint density at radius 3 is 2.38 bits per heavy atom. The van der Waals surface area contributed by atoms with Gasteiger partial charge < -0.3 is 4.90 Å². The van der Waals surface area contributed by atoms with Gasteiger partial charge in [-0.2, -0.15) is 0 Å². The van der Waals surface area contributed by atoms with Gasteiger partial charge in [-0.15, -0.1) is 0 Å². The van der Waals surface area contributed by atoms with Gasteiger partial charge in [-0.05, 0) is 33.7 Å². The topological polar surface area (TPSA) is 23.6 Å². The summed E-state index contributed by atoms with van der Waals surface area (Å²) in [4.78, 5) is 16.4. The summed E-state index contributed by atoms with van der Waals surface area (Å²) in [5.74, 6) is 0.487. The van der Waals surface area contributed by atoms with Gasteiger partial charge in [0.05, 0.1) is 0 Å². The Bertz CT molecular complexity index is 249. The molecule has 2 heterocycles. The fourth-order valence-electron chi connectivity index (χ4n) is 2.96. The molecule has 0 aliphatic carbocycles. The third kappa shape index (κ3) is 2.46. The average molecular weight is 224 g/mol. The van der Waals surface area contributed by atoms with Crippen LogP contribution in [0.2, 0.25) is 0 Å². The number of hydrogen-bond acceptors (Lipinski definition) is 3. The number of carbonyl (C=O) groups is 1. The number of piperidine rings is 1. The summed E-state index contributed by atoms with van der Waals surface area (Å²) in [5.41, 5.74) is 0. The Morgan fingerprint density at radius 1 is 1.31 bits per heavy atom. The second-order valence-corrected chi connectivity index (χ2v) is 5.64. The SMILES string of the molecule is CC(C)N(C)CCN1C2CCC1CC(=O)C2. The van der Waals surface area contributed by atoms with Crippen LogP contribution in [0.15, 0.2) is 0 Å². The van der Waals surface area contributed by atoms with Crippen LogP contribution in [0.5, 0.6) is 0 Å². The van der Waals surface area contributed by atoms with E-state index in [2.05, 4.69) is 30.7 Å². The lowest BCUT2D eigenvalue weighted by molar-refractivity contribution is -0.123. The fraction of sp³-hybridized carbons (Fsp3) is 0.923. The summed E-state index contributed by atoms with van der Waals surface area (Å²) < 4.78 is 0. The van der Waals surface area contributed by atoms with Crippen LogP contribution in [0, 0.1) is 0 Å². The number of hydrogen-bond donors (Lipinski definition) is 0. The molecule has 0 saturated carbocycles. The van der Waals surface area contributed by atoms with Gasteiger partial charge in [-0.25, -0.2) is 0 Å². The third-order valence-corrected chi connectivity index (χ3v) is 4.29. The molecule has 2 saturated heterocycles. The molecule has 2 unspecified atom stereocenters. The van der Waals surface area contributed by atoms with Crippen molar-refractivity contribution in [2.75, 3.05) is 20.1 Å². The summed E-state index contributed by atoms with van der Waals surface area (Å²) in [6, 6.07) is 1.74. The monoisotopic (exact) mass is 224 g/mol. The van der Waals surface area contributed by atoms with Gasteiger partial charge >= 0.3 is 0 Å². The first-order chi connectivity index (χ1) is 7.58. The van der Waals surface area contributed by atoms with Gasteiger partial charge in [0.15, 0.2) is 0 Å². The summed E-state index contributed by atoms with van der Waals surface area (Å²) in [6.45, 7) is 6.72. The molecule has 2 rings (SSSR count). The standard InChI is InChI=1S/C13H24N2O/c1-10(2)14(3)6-7-15-11-4-5-12(15)9-13(16)8-11/h10-12H,4-9H2,1-3H3. The predicted molar refractivity (Wildman–Crippen MR) is 65.5 cm³/mol. The molecule has 0 aromatic rings. The molecule has 0 N–H and O–H groups in total. The van der Waals surface area contributed by atoms with Gasteiger partial charge in [-0.3, -0.25) is 9.69 Å². The van der Waals surface area contributed by atoms with Crippen LogP contribution < -0.4 is 0 Å². The van der Waals surface area contributed by atoms with Crippen LogP contribution in [-0.4, -0.2) is 53.8 Å². The average Bonchev–Trinajstić information content (AvgIpc) is 2.45. The molecule has 2 aliphatic rings. The van der Waals surface area contributed by atoms with E-state index in [9.17, 15) is 4.79 Å². The second-order valence-electron chi connectivity index (χ2n) is 5.64. The Kier molecular flexibility index (Phi) is 3.65. The molecule has 2 aliphatic heterocycles. The van der Waals surface area contributed by atoms with E-state index in [1.807, 2.05) is 0 Å². The second kappa shape index (κ2) is 4.84. The minimum atomic E-state index is 0.487. The van der Waals surface area contributed by atoms with Gasteiger partial charge in [0, 0.05) is 44.1 Å². The van der Waals surface area contributed by atoms with Gasteiger partial charge in [-0.1, -0.05) is 0 Å². The van der Waals surface area contributed by atoms with Crippen molar-refractivity contribution in [3.05, 3.63) is 0 Å². The quantitative estimate of drug-likeness (QED) is 0.723. The molecule has 0 spiro atoms. The van der Waals surface area contributed by atoms with Crippen LogP contribution in [0.4, 0.5) is 0 Å². The summed E-state index contributed by atoms with van der Waals surface area (Å²) in [7, 11) is 2.18. The van der Waals surface area contributed by atoms with Crippen LogP contribution in [0.3, 0.4) is 0 Å². The Labute approximate surface area is 98.8 Å². The zero-order chi connectivity index (χ0) is 11.7. The van der Waals surface area contributed by atoms with Gasteiger partial charge in [0.25, 0.3) is 0 Å². The number of ketones is 1. The van der Waals surface area contributed by atoms with Crippen molar-refractivity contribution in [1.82, 2.24) is 9.80 Å². The molecule has 2 fully saturated rings. The zero-order valence-corrected chi connectivity index (χ0v) is 10.8. The molecule has 0 amide bonds. The number of rotatable bonds is 4. The minimum absolute atomic E-state index is 0.487. The molecule has 16 heavy (non-hydrogen) atoms. The van der Waals surface area contributed by atoms with E-state index in [-0.39, 0.29) is 0 Å². The van der Waals surface area contributed by atoms with E-state index in [4.69, 9.17) is 0 Å². The van der Waals surface area contributed by atoms with Crippen molar-refractivity contribution >= 4 is 5.78 Å². The van der Waals surface area contributed by atoms with Crippen molar-refractivity contribution in [2.24, 2.45) is 0 Å². The molecule has 3 nitrogen and oxygen atoms in total. The molecule has 3 heteroatoms. The van der Waals surface area contributed by atoms with E-state index in [1.54, 1.807) is 0 Å². The zero-order valence-electron chi connectivity index (χ0n) is 10.8. The number of Topliss-reactive ketones (excluding diaryl/α,β-unsaturated/α-hetero) is 1. The van der Waals surface area contributed by atoms with Crippen molar-refractivity contribution in [2.45, 2.75) is 57.7 Å². The number of carbonyl (C=O) groups excluding carboxylic acids is 1. The van der Waals surface area contributed by atoms with Crippen LogP contribution >= 0.6 is 0 Å². The molecule has 92 valence electrons. The van der Waals surface area contributed by atoms with E-state index >= 15 is 0 Å². The highest BCUT2D eigenvalue weighted by Gasteiger charge is 2.39. The van der Waals surface area contributed by atoms with Crippen LogP contribution in [0.25, 0.3) is 0 Å². The number of nitrogens with zero attached hydrogens (tertiary/aromatic N) is 2. The van der Waals surface area contributed by atoms with Gasteiger partial charge in [0.1, 0.15) is 5.78 Å². The highest BCUT2D eigenvalue weighted by molar-refractivity contribution is 5.80. The number of likely N-dealkylation sites (N-methyl/N-ethyl adjacent to an activating group) is 1. The van der Waals surface area contributed by atoms with Crippen molar-refractivity contribution < 1.29 is 4.79 Å². The first-order valence-corrected chi connectivity index (χ1v) is 6.55. The molecular weight excluding hydrogens is 200 g/mol. The van der Waals surface area contributed by atoms with E-state index in [0.29, 0.717) is 23.9 Å². The van der Waals surface area contributed by atoms with E-state index in [0.717, 1.165) is 25.9 Å². The summed E-state index contributed by atoms with van der Waals surface area (Å²) in [6.07, 6.45) is 4.09. The van der Waals surface area contributed by atoms with E-state index in [1.165, 1.54) is 12.8 Å². The van der Waals surface area contributed by atoms with E-state index < -0.39 is 0 Å². The lowest BCUT2D eigenvalue weighted by Gasteiger charge is -2.35. The molecular formula is C13H24N2O. The third-order valence-electron chi connectivity index (χ3n) is 4.29. The highest BCUT2D eigenvalue weighted by Crippen LogP contribution is 2.33. The van der Waals surface area contributed by atoms with Crippen molar-refractivity contribution in [1.29, 1.82) is 0 Å². The van der Waals surface area contributed by atoms with Gasteiger partial charge in [0.2, 0.25) is 0 Å². The normalized spacial score (nSPS) is 30.7. The first kappa shape index (κ1) is 12.1. The minimum Gasteiger partial charge on any atom is -0.303 e. The molecule has 0 aromatic heterocycles. The molecule has 0 aromatic carbocycles. The lowest BCUT2D eigenvalue weighted by Crippen LogP contribution is -2.46. The molecule has 2 bridgehead atoms. The maximum Gasteiger partial charge on any atom is 0.136 e. The maximum atomic E-state index is 11.5. The maximum absolute atomic E-state index is 11.5. The summed E-state index contributed by atoms with van der Waals surface area (Å²) >= 11 is 0. The molecule has 2 atom stereocenters. The Balaban J connectivity index is 1.85. The number of fused-ring (bicyclic) bond motifs is 2. The summed E-state index contributed by atoms with van der Waals surface area (Å²) in [5, 5.41) is 0. The molecule has 0 radical (unpaired) electrons. The van der Waals surface area contributed by atoms with Crippen molar-refractivity contribution in [3.63, 3.8) is 0 Å². The van der Waals surface area contributed by atoms with Crippen LogP contribution in [0.1, 0.15) is 39.5 Å².